The second-order valence-corrected chi connectivity index (χ2v) is 9.30. The van der Waals surface area contributed by atoms with E-state index in [1.165, 1.54) is 30.5 Å². The molecule has 2 aromatic carbocycles. The van der Waals surface area contributed by atoms with Crippen LogP contribution in [-0.4, -0.2) is 30.3 Å². The van der Waals surface area contributed by atoms with Crippen molar-refractivity contribution in [1.29, 1.82) is 0 Å². The van der Waals surface area contributed by atoms with Crippen molar-refractivity contribution in [2.24, 2.45) is 0 Å². The molecule has 160 valence electrons. The lowest BCUT2D eigenvalue weighted by Crippen LogP contribution is -2.39. The molecule has 8 nitrogen and oxygen atoms in total. The van der Waals surface area contributed by atoms with Gasteiger partial charge in [-0.25, -0.2) is 23.1 Å². The third kappa shape index (κ3) is 4.73. The predicted molar refractivity (Wildman–Crippen MR) is 119 cm³/mol. The van der Waals surface area contributed by atoms with E-state index in [-0.39, 0.29) is 22.4 Å². The van der Waals surface area contributed by atoms with Crippen LogP contribution in [0, 0.1) is 6.92 Å². The second-order valence-electron chi connectivity index (χ2n) is 7.58. The van der Waals surface area contributed by atoms with Crippen LogP contribution >= 0.6 is 0 Å². The molecule has 1 aliphatic carbocycles. The highest BCUT2D eigenvalue weighted by Gasteiger charge is 2.24. The first-order valence-corrected chi connectivity index (χ1v) is 11.4. The van der Waals surface area contributed by atoms with Gasteiger partial charge in [-0.15, -0.1) is 0 Å². The minimum Gasteiger partial charge on any atom is -0.382 e. The van der Waals surface area contributed by atoms with Gasteiger partial charge >= 0.3 is 0 Å². The van der Waals surface area contributed by atoms with Crippen LogP contribution < -0.4 is 15.8 Å². The molecule has 0 spiro atoms. The van der Waals surface area contributed by atoms with E-state index >= 15 is 0 Å². The zero-order valence-electron chi connectivity index (χ0n) is 17.0. The fourth-order valence-corrected chi connectivity index (χ4v) is 4.46. The highest BCUT2D eigenvalue weighted by Crippen LogP contribution is 2.23. The van der Waals surface area contributed by atoms with E-state index in [0.29, 0.717) is 11.4 Å². The Labute approximate surface area is 181 Å². The molecule has 9 heteroatoms. The Bertz CT molecular complexity index is 1200. The summed E-state index contributed by atoms with van der Waals surface area (Å²) in [5.74, 6) is -0.514. The van der Waals surface area contributed by atoms with Crippen LogP contribution in [0.4, 0.5) is 11.5 Å². The molecule has 4 rings (SSSR count). The van der Waals surface area contributed by atoms with Gasteiger partial charge in [0.2, 0.25) is 10.0 Å². The Kier molecular flexibility index (Phi) is 5.71. The molecule has 0 atom stereocenters. The van der Waals surface area contributed by atoms with Gasteiger partial charge in [0.15, 0.2) is 11.5 Å². The lowest BCUT2D eigenvalue weighted by Gasteiger charge is -2.26. The Balaban J connectivity index is 1.50. The number of amides is 1. The summed E-state index contributed by atoms with van der Waals surface area (Å²) in [4.78, 5) is 21.3. The highest BCUT2D eigenvalue weighted by atomic mass is 32.2. The predicted octanol–water partition coefficient (Wildman–Crippen LogP) is 3.12. The number of carbonyl (C=O) groups excluding carboxylic acids is 1. The van der Waals surface area contributed by atoms with E-state index in [2.05, 4.69) is 20.0 Å². The van der Waals surface area contributed by atoms with Crippen molar-refractivity contribution in [3.8, 4) is 11.3 Å². The molecular formula is C22H23N5O3S. The van der Waals surface area contributed by atoms with E-state index in [4.69, 9.17) is 5.73 Å². The zero-order chi connectivity index (χ0) is 22.0. The number of aryl methyl sites for hydroxylation is 1. The number of benzene rings is 2. The summed E-state index contributed by atoms with van der Waals surface area (Å²) >= 11 is 0. The monoisotopic (exact) mass is 437 g/mol. The van der Waals surface area contributed by atoms with E-state index < -0.39 is 15.9 Å². The van der Waals surface area contributed by atoms with Crippen LogP contribution in [0.15, 0.2) is 59.6 Å². The maximum Gasteiger partial charge on any atom is 0.278 e. The Morgan fingerprint density at radius 2 is 1.74 bits per heavy atom. The number of nitrogens with zero attached hydrogens (tertiary/aromatic N) is 2. The number of sulfonamides is 1. The van der Waals surface area contributed by atoms with Gasteiger partial charge in [0.25, 0.3) is 5.91 Å². The van der Waals surface area contributed by atoms with Gasteiger partial charge in [-0.3, -0.25) is 4.79 Å². The van der Waals surface area contributed by atoms with Crippen molar-refractivity contribution in [1.82, 2.24) is 14.7 Å². The fraction of sp³-hybridized carbons (Fsp3) is 0.227. The van der Waals surface area contributed by atoms with Crippen molar-refractivity contribution >= 4 is 27.4 Å². The Hall–Kier alpha value is -3.30. The maximum atomic E-state index is 12.7. The average Bonchev–Trinajstić information content (AvgIpc) is 2.72. The van der Waals surface area contributed by atoms with Gasteiger partial charge in [0.05, 0.1) is 16.8 Å². The summed E-state index contributed by atoms with van der Waals surface area (Å²) in [6, 6.07) is 13.7. The van der Waals surface area contributed by atoms with Crippen LogP contribution in [0.2, 0.25) is 0 Å². The summed E-state index contributed by atoms with van der Waals surface area (Å²) in [6.45, 7) is 1.98. The molecular weight excluding hydrogens is 414 g/mol. The van der Waals surface area contributed by atoms with Gasteiger partial charge < -0.3 is 11.1 Å². The standard InChI is InChI=1S/C22H23N5O3S/c1-14-5-7-15(8-6-14)19-13-24-21(23)20(26-19)22(28)25-16-9-11-18(12-10-16)31(29,30)27-17-3-2-4-17/h5-13,17,27H,2-4H2,1H3,(H2,23,24)(H,25,28). The number of nitrogens with one attached hydrogen (secondary N) is 2. The molecule has 0 aliphatic heterocycles. The van der Waals surface area contributed by atoms with Crippen molar-refractivity contribution < 1.29 is 13.2 Å². The molecule has 0 bridgehead atoms. The van der Waals surface area contributed by atoms with Gasteiger partial charge in [-0.2, -0.15) is 0 Å². The molecule has 1 aromatic heterocycles. The van der Waals surface area contributed by atoms with Crippen LogP contribution in [0.25, 0.3) is 11.3 Å². The highest BCUT2D eigenvalue weighted by molar-refractivity contribution is 7.89. The van der Waals surface area contributed by atoms with Crippen molar-refractivity contribution in [2.45, 2.75) is 37.1 Å². The van der Waals surface area contributed by atoms with Crippen LogP contribution in [0.5, 0.6) is 0 Å². The summed E-state index contributed by atoms with van der Waals surface area (Å²) in [5.41, 5.74) is 8.76. The Morgan fingerprint density at radius 1 is 1.06 bits per heavy atom. The van der Waals surface area contributed by atoms with E-state index in [9.17, 15) is 13.2 Å². The van der Waals surface area contributed by atoms with E-state index in [1.54, 1.807) is 0 Å². The molecule has 1 aliphatic rings. The van der Waals surface area contributed by atoms with Crippen molar-refractivity contribution in [3.05, 3.63) is 66.0 Å². The minimum atomic E-state index is -3.57. The number of rotatable bonds is 6. The first-order chi connectivity index (χ1) is 14.8. The smallest absolute Gasteiger partial charge is 0.278 e. The number of aromatic nitrogens is 2. The second kappa shape index (κ2) is 8.44. The molecule has 1 saturated carbocycles. The van der Waals surface area contributed by atoms with Gasteiger partial charge in [-0.05, 0) is 44.0 Å². The first-order valence-electron chi connectivity index (χ1n) is 9.95. The third-order valence-electron chi connectivity index (χ3n) is 5.21. The molecule has 3 aromatic rings. The SMILES string of the molecule is Cc1ccc(-c2cnc(N)c(C(=O)Nc3ccc(S(=O)(=O)NC4CCC4)cc3)n2)cc1. The maximum absolute atomic E-state index is 12.7. The summed E-state index contributed by atoms with van der Waals surface area (Å²) in [6.07, 6.45) is 4.27. The van der Waals surface area contributed by atoms with Crippen molar-refractivity contribution in [3.63, 3.8) is 0 Å². The summed E-state index contributed by atoms with van der Waals surface area (Å²) in [5, 5.41) is 2.69. The molecule has 1 fully saturated rings. The first kappa shape index (κ1) is 21.0. The lowest BCUT2D eigenvalue weighted by molar-refractivity contribution is 0.102. The molecule has 0 unspecified atom stereocenters. The third-order valence-corrected chi connectivity index (χ3v) is 6.75. The number of hydrogen-bond acceptors (Lipinski definition) is 6. The largest absolute Gasteiger partial charge is 0.382 e. The molecule has 1 heterocycles. The topological polar surface area (TPSA) is 127 Å². The lowest BCUT2D eigenvalue weighted by atomic mass is 9.94. The van der Waals surface area contributed by atoms with Gasteiger partial charge in [0.1, 0.15) is 0 Å². The molecule has 31 heavy (non-hydrogen) atoms. The molecule has 0 saturated heterocycles. The average molecular weight is 438 g/mol. The number of anilines is 2. The van der Waals surface area contributed by atoms with E-state index in [0.717, 1.165) is 30.4 Å². The molecule has 0 radical (unpaired) electrons. The van der Waals surface area contributed by atoms with Crippen molar-refractivity contribution in [2.75, 3.05) is 11.1 Å². The van der Waals surface area contributed by atoms with Crippen LogP contribution in [0.1, 0.15) is 35.3 Å². The summed E-state index contributed by atoms with van der Waals surface area (Å²) < 4.78 is 27.5. The summed E-state index contributed by atoms with van der Waals surface area (Å²) in [7, 11) is -3.57. The number of hydrogen-bond donors (Lipinski definition) is 3. The fourth-order valence-electron chi connectivity index (χ4n) is 3.15. The minimum absolute atomic E-state index is 0.00132. The number of carbonyl (C=O) groups is 1. The molecule has 1 amide bonds. The zero-order valence-corrected chi connectivity index (χ0v) is 17.8. The normalized spacial score (nSPS) is 14.1. The van der Waals surface area contributed by atoms with Gasteiger partial charge in [0, 0.05) is 17.3 Å². The van der Waals surface area contributed by atoms with Crippen LogP contribution in [-0.2, 0) is 10.0 Å². The number of nitrogen functional groups attached to an aromatic ring is 1. The molecule has 4 N–H and O–H groups in total. The van der Waals surface area contributed by atoms with E-state index in [1.807, 2.05) is 31.2 Å². The van der Waals surface area contributed by atoms with Crippen LogP contribution in [0.3, 0.4) is 0 Å². The van der Waals surface area contributed by atoms with Gasteiger partial charge in [-0.1, -0.05) is 36.2 Å². The Morgan fingerprint density at radius 3 is 2.35 bits per heavy atom. The quantitative estimate of drug-likeness (QED) is 0.544. The number of nitrogens with two attached hydrogens (primary N) is 1.